The van der Waals surface area contributed by atoms with Gasteiger partial charge in [0, 0.05) is 14.2 Å². The lowest BCUT2D eigenvalue weighted by atomic mass is 10.1. The molecule has 24 heavy (non-hydrogen) atoms. The Morgan fingerprint density at radius 1 is 0.917 bits per heavy atom. The lowest BCUT2D eigenvalue weighted by Crippen LogP contribution is -2.09. The van der Waals surface area contributed by atoms with Crippen LogP contribution in [0.3, 0.4) is 0 Å². The maximum Gasteiger partial charge on any atom is 0.358 e. The van der Waals surface area contributed by atoms with Crippen LogP contribution in [-0.2, 0) is 13.6 Å². The third-order valence-corrected chi connectivity index (χ3v) is 5.92. The van der Waals surface area contributed by atoms with E-state index in [0.717, 1.165) is 25.7 Å². The SMILES string of the molecule is COP(=O)(OC)C(O)CCC=C(C)CCC=C(C)CCC=C(C)C. The molecular formula is C19H35O4P. The van der Waals surface area contributed by atoms with Crippen LogP contribution in [0, 0.1) is 0 Å². The molecule has 0 aromatic carbocycles. The van der Waals surface area contributed by atoms with Crippen molar-refractivity contribution in [3.63, 3.8) is 0 Å². The van der Waals surface area contributed by atoms with Gasteiger partial charge in [-0.3, -0.25) is 4.57 Å². The molecular weight excluding hydrogens is 323 g/mol. The highest BCUT2D eigenvalue weighted by Crippen LogP contribution is 2.51. The number of hydrogen-bond acceptors (Lipinski definition) is 4. The quantitative estimate of drug-likeness (QED) is 0.344. The monoisotopic (exact) mass is 358 g/mol. The fraction of sp³-hybridized carbons (Fsp3) is 0.684. The van der Waals surface area contributed by atoms with Crippen molar-refractivity contribution in [3.05, 3.63) is 34.9 Å². The lowest BCUT2D eigenvalue weighted by Gasteiger charge is -2.19. The third-order valence-electron chi connectivity index (χ3n) is 3.91. The van der Waals surface area contributed by atoms with Crippen LogP contribution >= 0.6 is 7.60 Å². The van der Waals surface area contributed by atoms with E-state index in [1.807, 2.05) is 0 Å². The third kappa shape index (κ3) is 10.2. The van der Waals surface area contributed by atoms with E-state index in [2.05, 4.69) is 45.9 Å². The summed E-state index contributed by atoms with van der Waals surface area (Å²) in [5, 5.41) is 9.89. The van der Waals surface area contributed by atoms with Crippen molar-refractivity contribution in [3.8, 4) is 0 Å². The Morgan fingerprint density at radius 2 is 1.38 bits per heavy atom. The van der Waals surface area contributed by atoms with Crippen molar-refractivity contribution in [1.82, 2.24) is 0 Å². The topological polar surface area (TPSA) is 55.8 Å². The maximum atomic E-state index is 12.0. The number of aliphatic hydroxyl groups excluding tert-OH is 1. The molecule has 0 amide bonds. The van der Waals surface area contributed by atoms with Crippen molar-refractivity contribution >= 4 is 7.60 Å². The Kier molecular flexibility index (Phi) is 12.3. The molecule has 0 aromatic heterocycles. The number of aliphatic hydroxyl groups is 1. The van der Waals surface area contributed by atoms with Gasteiger partial charge in [0.15, 0.2) is 5.85 Å². The first kappa shape index (κ1) is 23.3. The van der Waals surface area contributed by atoms with Gasteiger partial charge in [-0.05, 0) is 66.2 Å². The smallest absolute Gasteiger partial charge is 0.358 e. The van der Waals surface area contributed by atoms with Gasteiger partial charge < -0.3 is 14.2 Å². The summed E-state index contributed by atoms with van der Waals surface area (Å²) in [7, 11) is -0.787. The average Bonchev–Trinajstić information content (AvgIpc) is 2.53. The Balaban J connectivity index is 4.16. The first-order valence-electron chi connectivity index (χ1n) is 8.59. The predicted molar refractivity (Wildman–Crippen MR) is 102 cm³/mol. The minimum Gasteiger partial charge on any atom is -0.380 e. The van der Waals surface area contributed by atoms with Gasteiger partial charge in [0.2, 0.25) is 0 Å². The molecule has 1 N–H and O–H groups in total. The number of rotatable bonds is 12. The molecule has 0 bridgehead atoms. The molecule has 0 aliphatic heterocycles. The van der Waals surface area contributed by atoms with Crippen LogP contribution in [0.15, 0.2) is 34.9 Å². The summed E-state index contributed by atoms with van der Waals surface area (Å²) >= 11 is 0. The molecule has 0 saturated heterocycles. The van der Waals surface area contributed by atoms with Crippen LogP contribution in [0.1, 0.15) is 66.2 Å². The normalized spacial score (nSPS) is 14.6. The standard InChI is InChI=1S/C19H35O4P/c1-16(2)10-7-11-17(3)12-8-13-18(4)14-9-15-19(20)24(21,22-5)23-6/h10,12,14,19-20H,7-9,11,13,15H2,1-6H3. The molecule has 0 aliphatic rings. The first-order valence-corrected chi connectivity index (χ1v) is 10.2. The molecule has 0 radical (unpaired) electrons. The van der Waals surface area contributed by atoms with Gasteiger partial charge in [0.25, 0.3) is 0 Å². The second-order valence-corrected chi connectivity index (χ2v) is 8.83. The Hall–Kier alpha value is -0.670. The van der Waals surface area contributed by atoms with Crippen LogP contribution in [-0.4, -0.2) is 25.2 Å². The maximum absolute atomic E-state index is 12.0. The molecule has 1 unspecified atom stereocenters. The lowest BCUT2D eigenvalue weighted by molar-refractivity contribution is 0.168. The van der Waals surface area contributed by atoms with Crippen LogP contribution in [0.4, 0.5) is 0 Å². The summed E-state index contributed by atoms with van der Waals surface area (Å²) in [4.78, 5) is 0. The van der Waals surface area contributed by atoms with Crippen LogP contribution in [0.5, 0.6) is 0 Å². The van der Waals surface area contributed by atoms with Crippen molar-refractivity contribution in [1.29, 1.82) is 0 Å². The molecule has 0 saturated carbocycles. The van der Waals surface area contributed by atoms with Crippen LogP contribution < -0.4 is 0 Å². The largest absolute Gasteiger partial charge is 0.380 e. The van der Waals surface area contributed by atoms with Gasteiger partial charge in [-0.1, -0.05) is 34.9 Å². The van der Waals surface area contributed by atoms with Gasteiger partial charge in [-0.2, -0.15) is 0 Å². The second-order valence-electron chi connectivity index (χ2n) is 6.42. The molecule has 140 valence electrons. The zero-order valence-electron chi connectivity index (χ0n) is 16.2. The molecule has 4 nitrogen and oxygen atoms in total. The summed E-state index contributed by atoms with van der Waals surface area (Å²) in [6.07, 6.45) is 11.9. The van der Waals surface area contributed by atoms with E-state index >= 15 is 0 Å². The van der Waals surface area contributed by atoms with Crippen molar-refractivity contribution in [2.45, 2.75) is 72.1 Å². The summed E-state index contributed by atoms with van der Waals surface area (Å²) in [6.45, 7) is 8.52. The molecule has 0 fully saturated rings. The van der Waals surface area contributed by atoms with E-state index in [1.54, 1.807) is 0 Å². The Bertz CT molecular complexity index is 480. The van der Waals surface area contributed by atoms with Crippen LogP contribution in [0.25, 0.3) is 0 Å². The fourth-order valence-electron chi connectivity index (χ4n) is 2.29. The summed E-state index contributed by atoms with van der Waals surface area (Å²) < 4.78 is 21.6. The van der Waals surface area contributed by atoms with E-state index in [9.17, 15) is 9.67 Å². The zero-order valence-corrected chi connectivity index (χ0v) is 17.1. The molecule has 1 atom stereocenters. The van der Waals surface area contributed by atoms with Gasteiger partial charge in [-0.25, -0.2) is 0 Å². The van der Waals surface area contributed by atoms with E-state index in [0.29, 0.717) is 12.8 Å². The van der Waals surface area contributed by atoms with E-state index in [4.69, 9.17) is 9.05 Å². The first-order chi connectivity index (χ1) is 11.2. The summed E-state index contributed by atoms with van der Waals surface area (Å²) in [5.74, 6) is -1.08. The highest BCUT2D eigenvalue weighted by atomic mass is 31.2. The highest BCUT2D eigenvalue weighted by Gasteiger charge is 2.31. The minimum atomic E-state index is -3.37. The van der Waals surface area contributed by atoms with Gasteiger partial charge in [0.05, 0.1) is 0 Å². The van der Waals surface area contributed by atoms with Gasteiger partial charge in [0.1, 0.15) is 0 Å². The van der Waals surface area contributed by atoms with Gasteiger partial charge >= 0.3 is 7.60 Å². The van der Waals surface area contributed by atoms with E-state index < -0.39 is 13.4 Å². The molecule has 0 aromatic rings. The van der Waals surface area contributed by atoms with Gasteiger partial charge in [-0.15, -0.1) is 0 Å². The zero-order chi connectivity index (χ0) is 18.6. The molecule has 0 rings (SSSR count). The van der Waals surface area contributed by atoms with Crippen molar-refractivity contribution in [2.75, 3.05) is 14.2 Å². The van der Waals surface area contributed by atoms with Crippen LogP contribution in [0.2, 0.25) is 0 Å². The Labute approximate surface area is 148 Å². The summed E-state index contributed by atoms with van der Waals surface area (Å²) in [6, 6.07) is 0. The van der Waals surface area contributed by atoms with Crippen molar-refractivity contribution in [2.24, 2.45) is 0 Å². The number of allylic oxidation sites excluding steroid dienone is 6. The fourth-order valence-corrected chi connectivity index (χ4v) is 3.39. The molecule has 0 aliphatic carbocycles. The van der Waals surface area contributed by atoms with E-state index in [1.165, 1.54) is 30.9 Å². The number of hydrogen-bond donors (Lipinski definition) is 1. The molecule has 5 heteroatoms. The second kappa shape index (κ2) is 12.7. The van der Waals surface area contributed by atoms with E-state index in [-0.39, 0.29) is 0 Å². The minimum absolute atomic E-state index is 0.369. The molecule has 0 heterocycles. The van der Waals surface area contributed by atoms with Crippen molar-refractivity contribution < 1.29 is 18.7 Å². The summed E-state index contributed by atoms with van der Waals surface area (Å²) in [5.41, 5.74) is 4.08. The average molecular weight is 358 g/mol. The Morgan fingerprint density at radius 3 is 1.83 bits per heavy atom. The molecule has 0 spiro atoms. The predicted octanol–water partition coefficient (Wildman–Crippen LogP) is 5.99. The highest BCUT2D eigenvalue weighted by molar-refractivity contribution is 7.54.